The number of likely N-dealkylation sites (tertiary alicyclic amines) is 1. The molecule has 1 aromatic rings. The van der Waals surface area contributed by atoms with E-state index < -0.39 is 0 Å². The standard InChI is InChI=1S/C13H19ClN4/c1-3-18-12(13(14)10(2)16-18)9-17-7-5-4-6-11(17)8-15/h11H,3-7,9H2,1-2H3. The molecule has 18 heavy (non-hydrogen) atoms. The summed E-state index contributed by atoms with van der Waals surface area (Å²) in [6, 6.07) is 2.41. The lowest BCUT2D eigenvalue weighted by Gasteiger charge is -2.31. The molecule has 0 aromatic carbocycles. The van der Waals surface area contributed by atoms with Crippen LogP contribution in [0.3, 0.4) is 0 Å². The molecule has 0 N–H and O–H groups in total. The Morgan fingerprint density at radius 1 is 1.50 bits per heavy atom. The van der Waals surface area contributed by atoms with Gasteiger partial charge in [-0.1, -0.05) is 11.6 Å². The lowest BCUT2D eigenvalue weighted by Crippen LogP contribution is -2.38. The van der Waals surface area contributed by atoms with E-state index in [1.165, 1.54) is 0 Å². The molecule has 5 heteroatoms. The van der Waals surface area contributed by atoms with Crippen LogP contribution in [0.2, 0.25) is 5.02 Å². The smallest absolute Gasteiger partial charge is 0.0981 e. The van der Waals surface area contributed by atoms with Crippen molar-refractivity contribution >= 4 is 11.6 Å². The Kier molecular flexibility index (Phi) is 4.26. The Hall–Kier alpha value is -1.05. The summed E-state index contributed by atoms with van der Waals surface area (Å²) in [5.41, 5.74) is 1.91. The Labute approximate surface area is 113 Å². The maximum absolute atomic E-state index is 9.19. The summed E-state index contributed by atoms with van der Waals surface area (Å²) in [7, 11) is 0. The molecule has 1 aliphatic heterocycles. The van der Waals surface area contributed by atoms with Gasteiger partial charge < -0.3 is 0 Å². The summed E-state index contributed by atoms with van der Waals surface area (Å²) >= 11 is 6.31. The quantitative estimate of drug-likeness (QED) is 0.845. The van der Waals surface area contributed by atoms with Crippen molar-refractivity contribution in [3.63, 3.8) is 0 Å². The number of rotatable bonds is 3. The minimum absolute atomic E-state index is 0.0235. The van der Waals surface area contributed by atoms with Crippen LogP contribution in [-0.2, 0) is 13.1 Å². The van der Waals surface area contributed by atoms with E-state index in [4.69, 9.17) is 11.6 Å². The first-order valence-electron chi connectivity index (χ1n) is 6.52. The zero-order valence-corrected chi connectivity index (χ0v) is 11.7. The number of nitriles is 1. The first-order chi connectivity index (χ1) is 8.67. The van der Waals surface area contributed by atoms with Crippen LogP contribution in [0.1, 0.15) is 37.6 Å². The summed E-state index contributed by atoms with van der Waals surface area (Å²) in [6.45, 7) is 6.50. The molecule has 1 fully saturated rings. The molecule has 2 heterocycles. The van der Waals surface area contributed by atoms with Crippen LogP contribution in [0, 0.1) is 18.3 Å². The molecule has 1 aliphatic rings. The van der Waals surface area contributed by atoms with Crippen molar-refractivity contribution in [1.82, 2.24) is 14.7 Å². The molecule has 0 aliphatic carbocycles. The van der Waals surface area contributed by atoms with Gasteiger partial charge in [0.05, 0.1) is 28.5 Å². The zero-order valence-electron chi connectivity index (χ0n) is 11.0. The topological polar surface area (TPSA) is 44.9 Å². The van der Waals surface area contributed by atoms with E-state index in [1.807, 2.05) is 11.6 Å². The van der Waals surface area contributed by atoms with Crippen molar-refractivity contribution < 1.29 is 0 Å². The monoisotopic (exact) mass is 266 g/mol. The van der Waals surface area contributed by atoms with Crippen molar-refractivity contribution in [2.75, 3.05) is 6.54 Å². The molecule has 0 saturated carbocycles. The second-order valence-corrected chi connectivity index (χ2v) is 5.15. The average Bonchev–Trinajstić information content (AvgIpc) is 2.67. The van der Waals surface area contributed by atoms with Gasteiger partial charge in [0, 0.05) is 13.1 Å². The maximum Gasteiger partial charge on any atom is 0.0981 e. The first-order valence-corrected chi connectivity index (χ1v) is 6.90. The van der Waals surface area contributed by atoms with Crippen LogP contribution >= 0.6 is 11.6 Å². The van der Waals surface area contributed by atoms with Crippen LogP contribution < -0.4 is 0 Å². The Balaban J connectivity index is 2.20. The van der Waals surface area contributed by atoms with Crippen LogP contribution in [0.25, 0.3) is 0 Å². The van der Waals surface area contributed by atoms with Crippen LogP contribution in [-0.4, -0.2) is 27.3 Å². The molecular weight excluding hydrogens is 248 g/mol. The lowest BCUT2D eigenvalue weighted by atomic mass is 10.0. The van der Waals surface area contributed by atoms with Crippen molar-refractivity contribution in [3.05, 3.63) is 16.4 Å². The lowest BCUT2D eigenvalue weighted by molar-refractivity contribution is 0.171. The van der Waals surface area contributed by atoms with E-state index in [0.717, 1.165) is 55.3 Å². The zero-order chi connectivity index (χ0) is 13.1. The van der Waals surface area contributed by atoms with E-state index in [9.17, 15) is 5.26 Å². The predicted octanol–water partition coefficient (Wildman–Crippen LogP) is 2.74. The second-order valence-electron chi connectivity index (χ2n) is 4.77. The van der Waals surface area contributed by atoms with Gasteiger partial charge >= 0.3 is 0 Å². The number of aromatic nitrogens is 2. The number of piperidine rings is 1. The largest absolute Gasteiger partial charge is 0.282 e. The van der Waals surface area contributed by atoms with Crippen LogP contribution in [0.4, 0.5) is 0 Å². The average molecular weight is 267 g/mol. The molecule has 2 rings (SSSR count). The highest BCUT2D eigenvalue weighted by Crippen LogP contribution is 2.25. The number of halogens is 1. The number of aryl methyl sites for hydroxylation is 2. The SMILES string of the molecule is CCn1nc(C)c(Cl)c1CN1CCCCC1C#N. The molecule has 0 amide bonds. The van der Waals surface area contributed by atoms with Gasteiger partial charge in [0.25, 0.3) is 0 Å². The van der Waals surface area contributed by atoms with Crippen LogP contribution in [0.5, 0.6) is 0 Å². The van der Waals surface area contributed by atoms with Gasteiger partial charge in [-0.3, -0.25) is 9.58 Å². The molecule has 0 radical (unpaired) electrons. The van der Waals surface area contributed by atoms with Gasteiger partial charge in [0.2, 0.25) is 0 Å². The molecule has 1 unspecified atom stereocenters. The number of hydrogen-bond acceptors (Lipinski definition) is 3. The third kappa shape index (κ3) is 2.52. The van der Waals surface area contributed by atoms with Gasteiger partial charge in [-0.2, -0.15) is 10.4 Å². The molecule has 1 atom stereocenters. The fourth-order valence-corrected chi connectivity index (χ4v) is 2.73. The van der Waals surface area contributed by atoms with Crippen molar-refractivity contribution in [3.8, 4) is 6.07 Å². The third-order valence-electron chi connectivity index (χ3n) is 3.57. The van der Waals surface area contributed by atoms with Gasteiger partial charge in [-0.05, 0) is 39.7 Å². The molecule has 0 bridgehead atoms. The normalized spacial score (nSPS) is 20.9. The van der Waals surface area contributed by atoms with E-state index >= 15 is 0 Å². The molecular formula is C13H19ClN4. The molecule has 1 saturated heterocycles. The first kappa shape index (κ1) is 13.4. The van der Waals surface area contributed by atoms with E-state index in [-0.39, 0.29) is 6.04 Å². The molecule has 4 nitrogen and oxygen atoms in total. The predicted molar refractivity (Wildman–Crippen MR) is 71.3 cm³/mol. The summed E-state index contributed by atoms with van der Waals surface area (Å²) in [5, 5.41) is 14.4. The van der Waals surface area contributed by atoms with Crippen molar-refractivity contribution in [2.24, 2.45) is 0 Å². The molecule has 1 aromatic heterocycles. The maximum atomic E-state index is 9.19. The fraction of sp³-hybridized carbons (Fsp3) is 0.692. The Bertz CT molecular complexity index is 460. The number of hydrogen-bond donors (Lipinski definition) is 0. The Morgan fingerprint density at radius 2 is 2.28 bits per heavy atom. The van der Waals surface area contributed by atoms with E-state index in [0.29, 0.717) is 0 Å². The number of nitrogens with zero attached hydrogens (tertiary/aromatic N) is 4. The van der Waals surface area contributed by atoms with Gasteiger partial charge in [0.1, 0.15) is 0 Å². The van der Waals surface area contributed by atoms with E-state index in [2.05, 4.69) is 23.0 Å². The fourth-order valence-electron chi connectivity index (χ4n) is 2.54. The molecule has 98 valence electrons. The highest BCUT2D eigenvalue weighted by Gasteiger charge is 2.24. The minimum Gasteiger partial charge on any atom is -0.282 e. The Morgan fingerprint density at radius 3 is 2.94 bits per heavy atom. The van der Waals surface area contributed by atoms with E-state index in [1.54, 1.807) is 0 Å². The van der Waals surface area contributed by atoms with Crippen LogP contribution in [0.15, 0.2) is 0 Å². The third-order valence-corrected chi connectivity index (χ3v) is 4.06. The van der Waals surface area contributed by atoms with Crippen molar-refractivity contribution in [2.45, 2.75) is 52.2 Å². The summed E-state index contributed by atoms with van der Waals surface area (Å²) in [4.78, 5) is 2.22. The van der Waals surface area contributed by atoms with Gasteiger partial charge in [-0.15, -0.1) is 0 Å². The van der Waals surface area contributed by atoms with Gasteiger partial charge in [-0.25, -0.2) is 0 Å². The second kappa shape index (κ2) is 5.73. The van der Waals surface area contributed by atoms with Gasteiger partial charge in [0.15, 0.2) is 0 Å². The van der Waals surface area contributed by atoms with Crippen molar-refractivity contribution in [1.29, 1.82) is 5.26 Å². The summed E-state index contributed by atoms with van der Waals surface area (Å²) < 4.78 is 1.95. The minimum atomic E-state index is 0.0235. The highest BCUT2D eigenvalue weighted by molar-refractivity contribution is 6.31. The summed E-state index contributed by atoms with van der Waals surface area (Å²) in [5.74, 6) is 0. The highest BCUT2D eigenvalue weighted by atomic mass is 35.5. The summed E-state index contributed by atoms with van der Waals surface area (Å²) in [6.07, 6.45) is 3.27. The molecule has 0 spiro atoms.